The molecule has 0 saturated carbocycles. The normalized spacial score (nSPS) is 14.1. The van der Waals surface area contributed by atoms with E-state index in [0.29, 0.717) is 0 Å². The predicted octanol–water partition coefficient (Wildman–Crippen LogP) is 13.8. The number of hydrogen-bond donors (Lipinski definition) is 0. The van der Waals surface area contributed by atoms with Crippen molar-refractivity contribution in [2.75, 3.05) is 0 Å². The van der Waals surface area contributed by atoms with E-state index >= 15 is 0 Å². The fourth-order valence-corrected chi connectivity index (χ4v) is 14.0. The van der Waals surface area contributed by atoms with E-state index < -0.39 is 21.6 Å². The summed E-state index contributed by atoms with van der Waals surface area (Å²) in [4.78, 5) is 0. The van der Waals surface area contributed by atoms with E-state index in [1.54, 1.807) is 0 Å². The van der Waals surface area contributed by atoms with Gasteiger partial charge in [0.05, 0.1) is 21.6 Å². The summed E-state index contributed by atoms with van der Waals surface area (Å²) in [7, 11) is -3.01. The van der Waals surface area contributed by atoms with Gasteiger partial charge in [0, 0.05) is 26.1 Å². The van der Waals surface area contributed by atoms with Crippen LogP contribution in [0.3, 0.4) is 0 Å². The quantitative estimate of drug-likeness (QED) is 0.120. The second-order valence-electron chi connectivity index (χ2n) is 18.4. The Kier molecular flexibility index (Phi) is 7.55. The van der Waals surface area contributed by atoms with Gasteiger partial charge in [0.2, 0.25) is 0 Å². The Balaban J connectivity index is 1.34. The lowest BCUT2D eigenvalue weighted by molar-refractivity contribution is 0.772. The first-order valence-corrected chi connectivity index (χ1v) is 28.3. The van der Waals surface area contributed by atoms with Gasteiger partial charge in [-0.05, 0) is 78.0 Å². The van der Waals surface area contributed by atoms with E-state index in [0.717, 1.165) is 0 Å². The summed E-state index contributed by atoms with van der Waals surface area (Å²) in [5.74, 6) is 0.0501. The lowest BCUT2D eigenvalue weighted by Crippen LogP contribution is -2.37. The van der Waals surface area contributed by atoms with Crippen molar-refractivity contribution in [3.8, 4) is 22.3 Å². The minimum atomic E-state index is -1.50. The van der Waals surface area contributed by atoms with Crippen molar-refractivity contribution < 1.29 is 0 Å². The molecule has 57 heavy (non-hydrogen) atoms. The van der Waals surface area contributed by atoms with Crippen LogP contribution in [0.4, 0.5) is 0 Å². The van der Waals surface area contributed by atoms with Gasteiger partial charge in [0.15, 0.2) is 0 Å². The third kappa shape index (κ3) is 4.95. The Hall–Kier alpha value is -5.33. The summed E-state index contributed by atoms with van der Waals surface area (Å²) in [5, 5.41) is 8.43. The van der Waals surface area contributed by atoms with Crippen molar-refractivity contribution in [2.24, 2.45) is 0 Å². The molecule has 0 fully saturated rings. The van der Waals surface area contributed by atoms with Crippen LogP contribution >= 0.6 is 11.3 Å². The highest BCUT2D eigenvalue weighted by Gasteiger charge is 2.51. The topological polar surface area (TPSA) is 0 Å². The molecule has 1 aromatic heterocycles. The van der Waals surface area contributed by atoms with Crippen molar-refractivity contribution in [1.29, 1.82) is 0 Å². The van der Waals surface area contributed by atoms with Crippen LogP contribution in [0.25, 0.3) is 53.2 Å². The van der Waals surface area contributed by atoms with Crippen LogP contribution in [0.15, 0.2) is 164 Å². The van der Waals surface area contributed by atoms with Gasteiger partial charge in [-0.2, -0.15) is 0 Å². The summed E-state index contributed by atoms with van der Waals surface area (Å²) in [6.45, 7) is 14.7. The van der Waals surface area contributed by atoms with Crippen molar-refractivity contribution in [2.45, 2.75) is 50.6 Å². The van der Waals surface area contributed by atoms with Crippen LogP contribution in [-0.2, 0) is 5.41 Å². The number of fused-ring (bicyclic) bond motifs is 13. The van der Waals surface area contributed by atoms with E-state index in [-0.39, 0.29) is 5.92 Å². The first-order chi connectivity index (χ1) is 27.5. The maximum absolute atomic E-state index is 2.68. The molecule has 0 saturated heterocycles. The first-order valence-electron chi connectivity index (χ1n) is 20.5. The van der Waals surface area contributed by atoms with Crippen LogP contribution in [0.5, 0.6) is 0 Å². The Labute approximate surface area is 342 Å². The monoisotopic (exact) mass is 782 g/mol. The molecular formula is C54H46SSi2. The molecule has 0 bridgehead atoms. The molecule has 0 atom stereocenters. The van der Waals surface area contributed by atoms with Gasteiger partial charge < -0.3 is 0 Å². The lowest BCUT2D eigenvalue weighted by Gasteiger charge is -2.41. The zero-order chi connectivity index (χ0) is 38.8. The fraction of sp³-hybridized carbons (Fsp3) is 0.148. The van der Waals surface area contributed by atoms with Gasteiger partial charge in [-0.15, -0.1) is 11.3 Å². The zero-order valence-electron chi connectivity index (χ0n) is 33.6. The molecule has 0 aliphatic heterocycles. The van der Waals surface area contributed by atoms with E-state index in [1.165, 1.54) is 103 Å². The highest BCUT2D eigenvalue weighted by atomic mass is 32.1. The molecule has 1 spiro atoms. The van der Waals surface area contributed by atoms with Crippen molar-refractivity contribution in [1.82, 2.24) is 0 Å². The first kappa shape index (κ1) is 34.9. The molecule has 9 aromatic rings. The van der Waals surface area contributed by atoms with Crippen molar-refractivity contribution in [3.05, 3.63) is 203 Å². The molecule has 0 unspecified atom stereocenters. The third-order valence-electron chi connectivity index (χ3n) is 13.1. The van der Waals surface area contributed by atoms with Crippen LogP contribution in [0, 0.1) is 0 Å². The highest BCUT2D eigenvalue weighted by molar-refractivity contribution is 7.26. The molecule has 2 aliphatic rings. The molecule has 3 heteroatoms. The summed E-state index contributed by atoms with van der Waals surface area (Å²) in [5.41, 5.74) is 14.6. The van der Waals surface area contributed by atoms with Gasteiger partial charge >= 0.3 is 0 Å². The SMILES string of the molecule is C[Si](C)(C)c1ccc(C(c2ccc([Si](C)(C)C)cc2)c2cc3c(c4c2sc2ccccc24)-c2cccc4cccc(c24)C32c3ccccc3-c3ccccc32)cc1. The van der Waals surface area contributed by atoms with Crippen molar-refractivity contribution in [3.63, 3.8) is 0 Å². The summed E-state index contributed by atoms with van der Waals surface area (Å²) in [6, 6.07) is 64.0. The summed E-state index contributed by atoms with van der Waals surface area (Å²) < 4.78 is 2.74. The van der Waals surface area contributed by atoms with Gasteiger partial charge in [0.1, 0.15) is 0 Å². The van der Waals surface area contributed by atoms with Crippen LogP contribution in [-0.4, -0.2) is 16.1 Å². The van der Waals surface area contributed by atoms with E-state index in [2.05, 4.69) is 203 Å². The fourth-order valence-electron chi connectivity index (χ4n) is 10.4. The Morgan fingerprint density at radius 3 is 1.56 bits per heavy atom. The minimum absolute atomic E-state index is 0.0501. The smallest absolute Gasteiger partial charge is 0.0775 e. The maximum atomic E-state index is 2.68. The van der Waals surface area contributed by atoms with E-state index in [1.807, 2.05) is 11.3 Å². The minimum Gasteiger partial charge on any atom is -0.135 e. The molecule has 11 rings (SSSR count). The molecule has 0 nitrogen and oxygen atoms in total. The van der Waals surface area contributed by atoms with Crippen LogP contribution in [0.2, 0.25) is 39.3 Å². The molecule has 0 radical (unpaired) electrons. The Morgan fingerprint density at radius 2 is 0.965 bits per heavy atom. The van der Waals surface area contributed by atoms with E-state index in [4.69, 9.17) is 0 Å². The Morgan fingerprint density at radius 1 is 0.456 bits per heavy atom. The van der Waals surface area contributed by atoms with E-state index in [9.17, 15) is 0 Å². The molecule has 276 valence electrons. The number of rotatable bonds is 5. The lowest BCUT2D eigenvalue weighted by atomic mass is 9.60. The molecular weight excluding hydrogens is 737 g/mol. The number of benzene rings is 8. The molecule has 1 heterocycles. The van der Waals surface area contributed by atoms with Crippen LogP contribution < -0.4 is 10.4 Å². The number of hydrogen-bond acceptors (Lipinski definition) is 1. The van der Waals surface area contributed by atoms with Gasteiger partial charge in [-0.25, -0.2) is 0 Å². The van der Waals surface area contributed by atoms with Gasteiger partial charge in [-0.3, -0.25) is 0 Å². The zero-order valence-corrected chi connectivity index (χ0v) is 36.4. The average Bonchev–Trinajstić information content (AvgIpc) is 3.75. The molecule has 0 amide bonds. The van der Waals surface area contributed by atoms with Crippen LogP contribution in [0.1, 0.15) is 44.9 Å². The Bertz CT molecular complexity index is 2970. The average molecular weight is 783 g/mol. The highest BCUT2D eigenvalue weighted by Crippen LogP contribution is 2.64. The summed E-state index contributed by atoms with van der Waals surface area (Å²) >= 11 is 1.98. The molecule has 8 aromatic carbocycles. The summed E-state index contributed by atoms with van der Waals surface area (Å²) in [6.07, 6.45) is 0. The van der Waals surface area contributed by atoms with Gasteiger partial charge in [-0.1, -0.05) is 207 Å². The number of thiophene rings is 1. The van der Waals surface area contributed by atoms with Gasteiger partial charge in [0.25, 0.3) is 0 Å². The standard InChI is InChI=1S/C54H46SSi2/c1-56(2,3)37-29-25-35(26-30-37)49(36-27-31-38(32-28-36)57(4,5)6)43-33-47-51(52-41-19-9-12-24-48(41)55-53(43)52)42-20-13-15-34-16-14-23-46(50(34)42)54(47)44-21-10-7-17-39(44)40-18-8-11-22-45(40)54/h7-33,49H,1-6H3. The second kappa shape index (κ2) is 12.3. The third-order valence-corrected chi connectivity index (χ3v) is 18.5. The second-order valence-corrected chi connectivity index (χ2v) is 29.6. The van der Waals surface area contributed by atoms with Crippen molar-refractivity contribution >= 4 is 68.8 Å². The molecule has 2 aliphatic carbocycles. The molecule has 0 N–H and O–H groups in total. The maximum Gasteiger partial charge on any atom is 0.0775 e. The largest absolute Gasteiger partial charge is 0.135 e. The predicted molar refractivity (Wildman–Crippen MR) is 253 cm³/mol.